The van der Waals surface area contributed by atoms with Crippen LogP contribution in [0.3, 0.4) is 0 Å². The van der Waals surface area contributed by atoms with Gasteiger partial charge in [0.2, 0.25) is 0 Å². The summed E-state index contributed by atoms with van der Waals surface area (Å²) in [6.07, 6.45) is 8.95. The summed E-state index contributed by atoms with van der Waals surface area (Å²) in [5.41, 5.74) is 0. The van der Waals surface area contributed by atoms with E-state index < -0.39 is 0 Å². The minimum atomic E-state index is 0.00343. The van der Waals surface area contributed by atoms with E-state index in [2.05, 4.69) is 11.8 Å². The lowest BCUT2D eigenvalue weighted by Gasteiger charge is -2.23. The van der Waals surface area contributed by atoms with Gasteiger partial charge in [0.25, 0.3) is 0 Å². The fourth-order valence-corrected chi connectivity index (χ4v) is 3.52. The van der Waals surface area contributed by atoms with Crippen molar-refractivity contribution < 1.29 is 5.11 Å². The fraction of sp³-hybridized carbons (Fsp3) is 1.00. The highest BCUT2D eigenvalue weighted by atomic mass is 32.2. The maximum atomic E-state index is 9.87. The van der Waals surface area contributed by atoms with Crippen LogP contribution in [0.2, 0.25) is 0 Å². The molecule has 0 aromatic carbocycles. The molecule has 1 aliphatic heterocycles. The van der Waals surface area contributed by atoms with Gasteiger partial charge in [0.15, 0.2) is 0 Å². The predicted molar refractivity (Wildman–Crippen MR) is 62.6 cm³/mol. The van der Waals surface area contributed by atoms with Crippen molar-refractivity contribution >= 4 is 11.8 Å². The van der Waals surface area contributed by atoms with Gasteiger partial charge in [-0.3, -0.25) is 0 Å². The molecule has 2 rings (SSSR count). The third kappa shape index (κ3) is 3.82. The quantitative estimate of drug-likeness (QED) is 0.759. The predicted octanol–water partition coefficient (Wildman–Crippen LogP) is 3.07. The van der Waals surface area contributed by atoms with Crippen LogP contribution in [0, 0.1) is 11.8 Å². The van der Waals surface area contributed by atoms with Gasteiger partial charge in [0, 0.05) is 0 Å². The SMILES string of the molecule is OC(CCC1CC1)CC1CCSCC1. The molecular formula is C12H22OS. The number of rotatable bonds is 5. The van der Waals surface area contributed by atoms with Crippen LogP contribution in [-0.2, 0) is 0 Å². The van der Waals surface area contributed by atoms with Crippen LogP contribution in [0.15, 0.2) is 0 Å². The second-order valence-corrected chi connectivity index (χ2v) is 6.19. The van der Waals surface area contributed by atoms with Crippen LogP contribution in [-0.4, -0.2) is 22.7 Å². The normalized spacial score (nSPS) is 26.4. The molecule has 0 bridgehead atoms. The van der Waals surface area contributed by atoms with Crippen molar-refractivity contribution in [3.05, 3.63) is 0 Å². The minimum Gasteiger partial charge on any atom is -0.393 e. The Balaban J connectivity index is 1.57. The van der Waals surface area contributed by atoms with E-state index in [0.717, 1.165) is 24.7 Å². The van der Waals surface area contributed by atoms with Crippen LogP contribution in [0.25, 0.3) is 0 Å². The standard InChI is InChI=1S/C12H22OS/c13-12(4-3-10-1-2-10)9-11-5-7-14-8-6-11/h10-13H,1-9H2. The second kappa shape index (κ2) is 5.41. The van der Waals surface area contributed by atoms with Gasteiger partial charge in [-0.05, 0) is 55.4 Å². The molecule has 1 saturated carbocycles. The topological polar surface area (TPSA) is 20.2 Å². The molecule has 82 valence electrons. The lowest BCUT2D eigenvalue weighted by Crippen LogP contribution is -2.17. The Hall–Kier alpha value is 0.310. The summed E-state index contributed by atoms with van der Waals surface area (Å²) < 4.78 is 0. The third-order valence-electron chi connectivity index (χ3n) is 3.55. The first-order valence-electron chi connectivity index (χ1n) is 6.10. The van der Waals surface area contributed by atoms with Gasteiger partial charge in [0.05, 0.1) is 6.10 Å². The van der Waals surface area contributed by atoms with Crippen molar-refractivity contribution in [3.63, 3.8) is 0 Å². The molecule has 0 aromatic rings. The average molecular weight is 214 g/mol. The van der Waals surface area contributed by atoms with Crippen LogP contribution >= 0.6 is 11.8 Å². The van der Waals surface area contributed by atoms with Crippen LogP contribution in [0.4, 0.5) is 0 Å². The number of aliphatic hydroxyl groups is 1. The Bertz CT molecular complexity index is 162. The van der Waals surface area contributed by atoms with Gasteiger partial charge in [-0.15, -0.1) is 0 Å². The molecule has 0 amide bonds. The summed E-state index contributed by atoms with van der Waals surface area (Å²) in [4.78, 5) is 0. The second-order valence-electron chi connectivity index (χ2n) is 4.97. The van der Waals surface area contributed by atoms with Crippen LogP contribution in [0.1, 0.15) is 44.9 Å². The molecule has 0 aromatic heterocycles. The average Bonchev–Trinajstić information content (AvgIpc) is 3.00. The van der Waals surface area contributed by atoms with Crippen molar-refractivity contribution in [2.75, 3.05) is 11.5 Å². The summed E-state index contributed by atoms with van der Waals surface area (Å²) in [6, 6.07) is 0. The Morgan fingerprint density at radius 2 is 1.79 bits per heavy atom. The first-order valence-corrected chi connectivity index (χ1v) is 7.26. The first kappa shape index (κ1) is 10.8. The lowest BCUT2D eigenvalue weighted by atomic mass is 9.93. The molecule has 1 N–H and O–H groups in total. The van der Waals surface area contributed by atoms with Crippen molar-refractivity contribution in [3.8, 4) is 0 Å². The van der Waals surface area contributed by atoms with E-state index in [-0.39, 0.29) is 6.10 Å². The summed E-state index contributed by atoms with van der Waals surface area (Å²) in [6.45, 7) is 0. The van der Waals surface area contributed by atoms with Gasteiger partial charge < -0.3 is 5.11 Å². The highest BCUT2D eigenvalue weighted by Gasteiger charge is 2.23. The van der Waals surface area contributed by atoms with E-state index in [0.29, 0.717) is 0 Å². The number of hydrogen-bond acceptors (Lipinski definition) is 2. The minimum absolute atomic E-state index is 0.00343. The number of aliphatic hydroxyl groups excluding tert-OH is 1. The summed E-state index contributed by atoms with van der Waals surface area (Å²) in [5, 5.41) is 9.87. The number of hydrogen-bond donors (Lipinski definition) is 1. The van der Waals surface area contributed by atoms with E-state index in [1.54, 1.807) is 0 Å². The highest BCUT2D eigenvalue weighted by molar-refractivity contribution is 7.99. The zero-order valence-electron chi connectivity index (χ0n) is 8.95. The van der Waals surface area contributed by atoms with Crippen LogP contribution < -0.4 is 0 Å². The zero-order chi connectivity index (χ0) is 9.80. The fourth-order valence-electron chi connectivity index (χ4n) is 2.32. The molecule has 1 heterocycles. The van der Waals surface area contributed by atoms with Gasteiger partial charge in [-0.1, -0.05) is 12.8 Å². The molecule has 0 radical (unpaired) electrons. The Kier molecular flexibility index (Phi) is 4.18. The van der Waals surface area contributed by atoms with Crippen molar-refractivity contribution in [2.45, 2.75) is 51.0 Å². The van der Waals surface area contributed by atoms with Crippen molar-refractivity contribution in [1.29, 1.82) is 0 Å². The Morgan fingerprint density at radius 3 is 2.43 bits per heavy atom. The van der Waals surface area contributed by atoms with E-state index in [1.807, 2.05) is 0 Å². The Morgan fingerprint density at radius 1 is 1.07 bits per heavy atom. The monoisotopic (exact) mass is 214 g/mol. The largest absolute Gasteiger partial charge is 0.393 e. The molecule has 14 heavy (non-hydrogen) atoms. The van der Waals surface area contributed by atoms with E-state index in [9.17, 15) is 5.11 Å². The molecule has 2 aliphatic rings. The van der Waals surface area contributed by atoms with Gasteiger partial charge in [-0.25, -0.2) is 0 Å². The van der Waals surface area contributed by atoms with Gasteiger partial charge in [0.1, 0.15) is 0 Å². The molecule has 2 heteroatoms. The van der Waals surface area contributed by atoms with E-state index in [4.69, 9.17) is 0 Å². The summed E-state index contributed by atoms with van der Waals surface area (Å²) in [7, 11) is 0. The van der Waals surface area contributed by atoms with E-state index in [1.165, 1.54) is 43.6 Å². The van der Waals surface area contributed by atoms with Gasteiger partial charge in [-0.2, -0.15) is 11.8 Å². The Labute approximate surface area is 91.7 Å². The molecular weight excluding hydrogens is 192 g/mol. The van der Waals surface area contributed by atoms with Crippen molar-refractivity contribution in [1.82, 2.24) is 0 Å². The summed E-state index contributed by atoms with van der Waals surface area (Å²) in [5.74, 6) is 4.44. The highest BCUT2D eigenvalue weighted by Crippen LogP contribution is 2.35. The molecule has 1 unspecified atom stereocenters. The molecule has 1 saturated heterocycles. The van der Waals surface area contributed by atoms with Crippen molar-refractivity contribution in [2.24, 2.45) is 11.8 Å². The van der Waals surface area contributed by atoms with Crippen LogP contribution in [0.5, 0.6) is 0 Å². The zero-order valence-corrected chi connectivity index (χ0v) is 9.77. The molecule has 1 nitrogen and oxygen atoms in total. The lowest BCUT2D eigenvalue weighted by molar-refractivity contribution is 0.126. The summed E-state index contributed by atoms with van der Waals surface area (Å²) >= 11 is 2.07. The molecule has 0 spiro atoms. The molecule has 1 atom stereocenters. The van der Waals surface area contributed by atoms with E-state index >= 15 is 0 Å². The first-order chi connectivity index (χ1) is 6.84. The number of thioether (sulfide) groups is 1. The maximum absolute atomic E-state index is 9.87. The molecule has 2 fully saturated rings. The molecule has 1 aliphatic carbocycles. The van der Waals surface area contributed by atoms with Gasteiger partial charge >= 0.3 is 0 Å². The smallest absolute Gasteiger partial charge is 0.0543 e. The third-order valence-corrected chi connectivity index (χ3v) is 4.60. The maximum Gasteiger partial charge on any atom is 0.0543 e.